The summed E-state index contributed by atoms with van der Waals surface area (Å²) in [7, 11) is 0. The number of hydrogen-bond acceptors (Lipinski definition) is 1. The third-order valence-electron chi connectivity index (χ3n) is 2.89. The molecule has 1 heterocycles. The summed E-state index contributed by atoms with van der Waals surface area (Å²) in [6.45, 7) is 4.30. The first-order valence-electron chi connectivity index (χ1n) is 5.10. The molecule has 0 N–H and O–H groups in total. The molecule has 0 aromatic carbocycles. The minimum Gasteiger partial charge on any atom is -0.342 e. The van der Waals surface area contributed by atoms with E-state index in [1.165, 1.54) is 12.8 Å². The van der Waals surface area contributed by atoms with E-state index in [1.807, 2.05) is 4.90 Å². The molecule has 1 saturated carbocycles. The van der Waals surface area contributed by atoms with Crippen LogP contribution < -0.4 is 0 Å². The fourth-order valence-corrected chi connectivity index (χ4v) is 1.93. The van der Waals surface area contributed by atoms with E-state index < -0.39 is 0 Å². The van der Waals surface area contributed by atoms with Crippen molar-refractivity contribution in [2.75, 3.05) is 13.1 Å². The Morgan fingerprint density at radius 1 is 1.42 bits per heavy atom. The second-order valence-electron chi connectivity index (χ2n) is 4.17. The first-order chi connectivity index (χ1) is 5.81. The number of nitrogens with zero attached hydrogens (tertiary/aromatic N) is 1. The van der Waals surface area contributed by atoms with E-state index in [2.05, 4.69) is 6.92 Å². The van der Waals surface area contributed by atoms with Crippen LogP contribution in [0.25, 0.3) is 0 Å². The zero-order chi connectivity index (χ0) is 8.55. The Balaban J connectivity index is 1.69. The van der Waals surface area contributed by atoms with Gasteiger partial charge in [-0.15, -0.1) is 0 Å². The van der Waals surface area contributed by atoms with Gasteiger partial charge in [0.1, 0.15) is 0 Å². The van der Waals surface area contributed by atoms with Crippen molar-refractivity contribution in [3.05, 3.63) is 0 Å². The maximum Gasteiger partial charge on any atom is 0.225 e. The summed E-state index contributed by atoms with van der Waals surface area (Å²) < 4.78 is 0. The van der Waals surface area contributed by atoms with Gasteiger partial charge in [-0.25, -0.2) is 0 Å². The summed E-state index contributed by atoms with van der Waals surface area (Å²) in [6.07, 6.45) is 4.85. The predicted octanol–water partition coefficient (Wildman–Crippen LogP) is 1.65. The third kappa shape index (κ3) is 1.47. The fraction of sp³-hybridized carbons (Fsp3) is 0.900. The van der Waals surface area contributed by atoms with Gasteiger partial charge in [-0.1, -0.05) is 13.3 Å². The molecule has 0 atom stereocenters. The minimum absolute atomic E-state index is 0.424. The standard InChI is InChI=1S/C10H17NO/c1-2-3-8-6-11(7-8)10(12)9-4-5-9/h8-9H,2-7H2,1H3. The van der Waals surface area contributed by atoms with Crippen molar-refractivity contribution < 1.29 is 4.79 Å². The van der Waals surface area contributed by atoms with E-state index in [-0.39, 0.29) is 0 Å². The Morgan fingerprint density at radius 2 is 2.08 bits per heavy atom. The van der Waals surface area contributed by atoms with Crippen molar-refractivity contribution in [2.45, 2.75) is 32.6 Å². The van der Waals surface area contributed by atoms with Crippen LogP contribution >= 0.6 is 0 Å². The second kappa shape index (κ2) is 3.08. The number of carbonyl (C=O) groups is 1. The molecule has 2 aliphatic rings. The van der Waals surface area contributed by atoms with Crippen LogP contribution in [0.1, 0.15) is 32.6 Å². The van der Waals surface area contributed by atoms with Crippen LogP contribution in [0.4, 0.5) is 0 Å². The summed E-state index contributed by atoms with van der Waals surface area (Å²) in [4.78, 5) is 13.5. The van der Waals surface area contributed by atoms with Crippen molar-refractivity contribution in [1.29, 1.82) is 0 Å². The summed E-state index contributed by atoms with van der Waals surface area (Å²) in [5.41, 5.74) is 0. The molecule has 0 radical (unpaired) electrons. The van der Waals surface area contributed by atoms with Gasteiger partial charge in [0.25, 0.3) is 0 Å². The van der Waals surface area contributed by atoms with Gasteiger partial charge >= 0.3 is 0 Å². The lowest BCUT2D eigenvalue weighted by Crippen LogP contribution is -2.50. The van der Waals surface area contributed by atoms with Crippen LogP contribution in [0, 0.1) is 11.8 Å². The molecule has 1 amide bonds. The highest BCUT2D eigenvalue weighted by Gasteiger charge is 2.38. The van der Waals surface area contributed by atoms with E-state index in [4.69, 9.17) is 0 Å². The topological polar surface area (TPSA) is 20.3 Å². The third-order valence-corrected chi connectivity index (χ3v) is 2.89. The normalized spacial score (nSPS) is 23.9. The molecular weight excluding hydrogens is 150 g/mol. The van der Waals surface area contributed by atoms with Gasteiger partial charge in [0.15, 0.2) is 0 Å². The molecule has 0 unspecified atom stereocenters. The number of carbonyl (C=O) groups excluding carboxylic acids is 1. The SMILES string of the molecule is CCCC1CN(C(=O)C2CC2)C1. The lowest BCUT2D eigenvalue weighted by atomic mass is 9.94. The Morgan fingerprint density at radius 3 is 2.58 bits per heavy atom. The minimum atomic E-state index is 0.424. The first-order valence-corrected chi connectivity index (χ1v) is 5.10. The molecule has 12 heavy (non-hydrogen) atoms. The lowest BCUT2D eigenvalue weighted by molar-refractivity contribution is -0.139. The Labute approximate surface area is 73.9 Å². The van der Waals surface area contributed by atoms with Crippen LogP contribution in [-0.4, -0.2) is 23.9 Å². The van der Waals surface area contributed by atoms with Crippen molar-refractivity contribution in [3.63, 3.8) is 0 Å². The van der Waals surface area contributed by atoms with E-state index in [0.717, 1.165) is 31.8 Å². The van der Waals surface area contributed by atoms with Gasteiger partial charge in [-0.05, 0) is 25.2 Å². The summed E-state index contributed by atoms with van der Waals surface area (Å²) in [6, 6.07) is 0. The highest BCUT2D eigenvalue weighted by atomic mass is 16.2. The number of amides is 1. The van der Waals surface area contributed by atoms with Crippen molar-refractivity contribution in [3.8, 4) is 0 Å². The van der Waals surface area contributed by atoms with Crippen LogP contribution in [0.15, 0.2) is 0 Å². The highest BCUT2D eigenvalue weighted by Crippen LogP contribution is 2.34. The number of likely N-dealkylation sites (tertiary alicyclic amines) is 1. The maximum atomic E-state index is 11.5. The number of hydrogen-bond donors (Lipinski definition) is 0. The Hall–Kier alpha value is -0.530. The van der Waals surface area contributed by atoms with E-state index in [1.54, 1.807) is 0 Å². The van der Waals surface area contributed by atoms with Gasteiger partial charge < -0.3 is 4.90 Å². The second-order valence-corrected chi connectivity index (χ2v) is 4.17. The molecule has 2 heteroatoms. The van der Waals surface area contributed by atoms with E-state index >= 15 is 0 Å². The van der Waals surface area contributed by atoms with Gasteiger partial charge in [0, 0.05) is 19.0 Å². The monoisotopic (exact) mass is 167 g/mol. The van der Waals surface area contributed by atoms with Crippen molar-refractivity contribution in [1.82, 2.24) is 4.90 Å². The van der Waals surface area contributed by atoms with Gasteiger partial charge in [0.05, 0.1) is 0 Å². The molecule has 2 rings (SSSR count). The molecule has 0 aromatic heterocycles. The van der Waals surface area contributed by atoms with Crippen molar-refractivity contribution in [2.24, 2.45) is 11.8 Å². The van der Waals surface area contributed by atoms with Crippen LogP contribution in [0.3, 0.4) is 0 Å². The maximum absolute atomic E-state index is 11.5. The average molecular weight is 167 g/mol. The summed E-state index contributed by atoms with van der Waals surface area (Å²) in [5.74, 6) is 1.67. The van der Waals surface area contributed by atoms with Gasteiger partial charge in [-0.2, -0.15) is 0 Å². The van der Waals surface area contributed by atoms with E-state index in [0.29, 0.717) is 11.8 Å². The van der Waals surface area contributed by atoms with Crippen LogP contribution in [0.2, 0.25) is 0 Å². The Bertz CT molecular complexity index is 180. The zero-order valence-corrected chi connectivity index (χ0v) is 7.75. The Kier molecular flexibility index (Phi) is 2.07. The quantitative estimate of drug-likeness (QED) is 0.626. The molecule has 68 valence electrons. The summed E-state index contributed by atoms with van der Waals surface area (Å²) >= 11 is 0. The molecule has 0 spiro atoms. The van der Waals surface area contributed by atoms with Crippen LogP contribution in [-0.2, 0) is 4.79 Å². The molecular formula is C10H17NO. The average Bonchev–Trinajstić information content (AvgIpc) is 2.76. The molecule has 2 nitrogen and oxygen atoms in total. The first kappa shape index (κ1) is 8.09. The summed E-state index contributed by atoms with van der Waals surface area (Å²) in [5, 5.41) is 0. The number of rotatable bonds is 3. The highest BCUT2D eigenvalue weighted by molar-refractivity contribution is 5.81. The van der Waals surface area contributed by atoms with Crippen LogP contribution in [0.5, 0.6) is 0 Å². The predicted molar refractivity (Wildman–Crippen MR) is 47.7 cm³/mol. The lowest BCUT2D eigenvalue weighted by Gasteiger charge is -2.39. The molecule has 0 aromatic rings. The van der Waals surface area contributed by atoms with E-state index in [9.17, 15) is 4.79 Å². The molecule has 2 fully saturated rings. The molecule has 1 aliphatic carbocycles. The zero-order valence-electron chi connectivity index (χ0n) is 7.75. The van der Waals surface area contributed by atoms with Crippen molar-refractivity contribution >= 4 is 5.91 Å². The molecule has 0 bridgehead atoms. The largest absolute Gasteiger partial charge is 0.342 e. The molecule has 1 aliphatic heterocycles. The van der Waals surface area contributed by atoms with Gasteiger partial charge in [0.2, 0.25) is 5.91 Å². The smallest absolute Gasteiger partial charge is 0.225 e. The van der Waals surface area contributed by atoms with Gasteiger partial charge in [-0.3, -0.25) is 4.79 Å². The fourth-order valence-electron chi connectivity index (χ4n) is 1.93. The molecule has 1 saturated heterocycles.